The molecule has 0 N–H and O–H groups in total. The molecule has 0 saturated heterocycles. The minimum Gasteiger partial charge on any atom is -0.379 e. The smallest absolute Gasteiger partial charge is 0.0700 e. The first-order chi connectivity index (χ1) is 8.93. The van der Waals surface area contributed by atoms with E-state index in [9.17, 15) is 0 Å². The second kappa shape index (κ2) is 11.2. The molecule has 0 heterocycles. The van der Waals surface area contributed by atoms with Crippen LogP contribution in [0.3, 0.4) is 0 Å². The zero-order valence-corrected chi connectivity index (χ0v) is 11.5. The van der Waals surface area contributed by atoms with Crippen LogP contribution in [0, 0.1) is 6.07 Å². The quantitative estimate of drug-likeness (QED) is 0.557. The molecule has 0 spiro atoms. The average Bonchev–Trinajstić information content (AvgIpc) is 2.42. The van der Waals surface area contributed by atoms with Gasteiger partial charge in [0.15, 0.2) is 0 Å². The zero-order chi connectivity index (χ0) is 12.9. The average molecular weight is 249 g/mol. The SMILES string of the molecule is CCCCCOCCOCCCc1cc[c]cc1. The van der Waals surface area contributed by atoms with Gasteiger partial charge in [-0.15, -0.1) is 0 Å². The molecule has 1 aromatic carbocycles. The summed E-state index contributed by atoms with van der Waals surface area (Å²) in [5, 5.41) is 0. The first-order valence-corrected chi connectivity index (χ1v) is 7.04. The fourth-order valence-corrected chi connectivity index (χ4v) is 1.74. The predicted octanol–water partition coefficient (Wildman–Crippen LogP) is 3.64. The molecule has 18 heavy (non-hydrogen) atoms. The van der Waals surface area contributed by atoms with E-state index in [2.05, 4.69) is 25.1 Å². The van der Waals surface area contributed by atoms with Crippen molar-refractivity contribution in [2.45, 2.75) is 39.0 Å². The summed E-state index contributed by atoms with van der Waals surface area (Å²) >= 11 is 0. The Balaban J connectivity index is 1.82. The third kappa shape index (κ3) is 8.26. The highest BCUT2D eigenvalue weighted by atomic mass is 16.5. The molecule has 0 aromatic heterocycles. The van der Waals surface area contributed by atoms with Crippen LogP contribution in [0.25, 0.3) is 0 Å². The molecular weight excluding hydrogens is 224 g/mol. The van der Waals surface area contributed by atoms with Crippen LogP contribution in [0.15, 0.2) is 24.3 Å². The molecule has 0 amide bonds. The van der Waals surface area contributed by atoms with Crippen LogP contribution in [0.2, 0.25) is 0 Å². The Kier molecular flexibility index (Phi) is 9.49. The Hall–Kier alpha value is -0.860. The van der Waals surface area contributed by atoms with Crippen molar-refractivity contribution in [3.05, 3.63) is 35.9 Å². The van der Waals surface area contributed by atoms with Crippen molar-refractivity contribution in [2.75, 3.05) is 26.4 Å². The van der Waals surface area contributed by atoms with E-state index in [1.165, 1.54) is 24.8 Å². The lowest BCUT2D eigenvalue weighted by Crippen LogP contribution is -2.06. The molecule has 1 aromatic rings. The van der Waals surface area contributed by atoms with Crippen molar-refractivity contribution in [1.29, 1.82) is 0 Å². The minimum atomic E-state index is 0.717. The third-order valence-corrected chi connectivity index (χ3v) is 2.81. The molecule has 2 nitrogen and oxygen atoms in total. The number of hydrogen-bond acceptors (Lipinski definition) is 2. The van der Waals surface area contributed by atoms with Gasteiger partial charge in [0.05, 0.1) is 13.2 Å². The Morgan fingerprint density at radius 3 is 2.22 bits per heavy atom. The van der Waals surface area contributed by atoms with Crippen molar-refractivity contribution in [3.8, 4) is 0 Å². The number of unbranched alkanes of at least 4 members (excludes halogenated alkanes) is 2. The van der Waals surface area contributed by atoms with Gasteiger partial charge >= 0.3 is 0 Å². The largest absolute Gasteiger partial charge is 0.379 e. The van der Waals surface area contributed by atoms with Gasteiger partial charge in [0.1, 0.15) is 0 Å². The molecule has 101 valence electrons. The van der Waals surface area contributed by atoms with Gasteiger partial charge in [-0.25, -0.2) is 0 Å². The molecular formula is C16H25O2. The second-order valence-electron chi connectivity index (χ2n) is 4.44. The van der Waals surface area contributed by atoms with Crippen LogP contribution in [-0.4, -0.2) is 26.4 Å². The Morgan fingerprint density at radius 1 is 0.889 bits per heavy atom. The first-order valence-electron chi connectivity index (χ1n) is 7.04. The molecule has 0 bridgehead atoms. The van der Waals surface area contributed by atoms with Crippen molar-refractivity contribution in [2.24, 2.45) is 0 Å². The van der Waals surface area contributed by atoms with Crippen molar-refractivity contribution < 1.29 is 9.47 Å². The van der Waals surface area contributed by atoms with E-state index >= 15 is 0 Å². The van der Waals surface area contributed by atoms with Crippen LogP contribution < -0.4 is 0 Å². The predicted molar refractivity (Wildman–Crippen MR) is 74.8 cm³/mol. The van der Waals surface area contributed by atoms with E-state index in [0.29, 0.717) is 6.61 Å². The van der Waals surface area contributed by atoms with E-state index < -0.39 is 0 Å². The van der Waals surface area contributed by atoms with E-state index in [0.717, 1.165) is 32.7 Å². The van der Waals surface area contributed by atoms with E-state index in [1.54, 1.807) is 0 Å². The summed E-state index contributed by atoms with van der Waals surface area (Å²) < 4.78 is 11.0. The summed E-state index contributed by atoms with van der Waals surface area (Å²) in [5.74, 6) is 0. The lowest BCUT2D eigenvalue weighted by Gasteiger charge is -2.05. The third-order valence-electron chi connectivity index (χ3n) is 2.81. The van der Waals surface area contributed by atoms with E-state index in [4.69, 9.17) is 9.47 Å². The van der Waals surface area contributed by atoms with Gasteiger partial charge in [-0.3, -0.25) is 0 Å². The Morgan fingerprint density at radius 2 is 1.56 bits per heavy atom. The fourth-order valence-electron chi connectivity index (χ4n) is 1.74. The normalized spacial score (nSPS) is 10.7. The van der Waals surface area contributed by atoms with Crippen LogP contribution in [0.4, 0.5) is 0 Å². The van der Waals surface area contributed by atoms with Gasteiger partial charge in [-0.1, -0.05) is 44.0 Å². The highest BCUT2D eigenvalue weighted by Crippen LogP contribution is 2.02. The van der Waals surface area contributed by atoms with Crippen molar-refractivity contribution in [1.82, 2.24) is 0 Å². The topological polar surface area (TPSA) is 18.5 Å². The summed E-state index contributed by atoms with van der Waals surface area (Å²) in [7, 11) is 0. The fraction of sp³-hybridized carbons (Fsp3) is 0.625. The Bertz CT molecular complexity index is 272. The highest BCUT2D eigenvalue weighted by Gasteiger charge is 1.93. The molecule has 0 aliphatic heterocycles. The number of benzene rings is 1. The lowest BCUT2D eigenvalue weighted by molar-refractivity contribution is 0.0456. The molecule has 0 fully saturated rings. The summed E-state index contributed by atoms with van der Waals surface area (Å²) in [6.45, 7) is 5.33. The molecule has 2 heteroatoms. The van der Waals surface area contributed by atoms with Crippen LogP contribution >= 0.6 is 0 Å². The molecule has 0 aliphatic rings. The van der Waals surface area contributed by atoms with Crippen molar-refractivity contribution >= 4 is 0 Å². The van der Waals surface area contributed by atoms with Crippen LogP contribution in [0.1, 0.15) is 38.2 Å². The van der Waals surface area contributed by atoms with Crippen LogP contribution in [0.5, 0.6) is 0 Å². The van der Waals surface area contributed by atoms with Gasteiger partial charge in [-0.05, 0) is 30.9 Å². The Labute approximate surface area is 111 Å². The zero-order valence-electron chi connectivity index (χ0n) is 11.5. The number of rotatable bonds is 11. The van der Waals surface area contributed by atoms with Crippen molar-refractivity contribution in [3.63, 3.8) is 0 Å². The number of aryl methyl sites for hydroxylation is 1. The maximum Gasteiger partial charge on any atom is 0.0700 e. The first kappa shape index (κ1) is 15.2. The summed E-state index contributed by atoms with van der Waals surface area (Å²) in [5.41, 5.74) is 1.35. The van der Waals surface area contributed by atoms with E-state index in [-0.39, 0.29) is 0 Å². The standard InChI is InChI=1S/C16H25O2/c1-2-3-7-12-17-14-15-18-13-8-11-16-9-5-4-6-10-16/h5-6,9-10H,2-3,7-8,11-15H2,1H3. The van der Waals surface area contributed by atoms with E-state index in [1.807, 2.05) is 12.1 Å². The maximum absolute atomic E-state index is 5.53. The highest BCUT2D eigenvalue weighted by molar-refractivity contribution is 5.13. The minimum absolute atomic E-state index is 0.717. The lowest BCUT2D eigenvalue weighted by atomic mass is 10.1. The summed E-state index contributed by atoms with van der Waals surface area (Å²) in [6.07, 6.45) is 5.82. The molecule has 1 rings (SSSR count). The molecule has 0 atom stereocenters. The van der Waals surface area contributed by atoms with Crippen LogP contribution in [-0.2, 0) is 15.9 Å². The number of hydrogen-bond donors (Lipinski definition) is 0. The molecule has 0 aliphatic carbocycles. The van der Waals surface area contributed by atoms with Gasteiger partial charge < -0.3 is 9.47 Å². The molecule has 0 unspecified atom stereocenters. The maximum atomic E-state index is 5.53. The van der Waals surface area contributed by atoms with Gasteiger partial charge in [0, 0.05) is 13.2 Å². The molecule has 1 radical (unpaired) electrons. The number of ether oxygens (including phenoxy) is 2. The van der Waals surface area contributed by atoms with Gasteiger partial charge in [0.25, 0.3) is 0 Å². The van der Waals surface area contributed by atoms with Gasteiger partial charge in [-0.2, -0.15) is 0 Å². The van der Waals surface area contributed by atoms with Gasteiger partial charge in [0.2, 0.25) is 0 Å². The summed E-state index contributed by atoms with van der Waals surface area (Å²) in [4.78, 5) is 0. The second-order valence-corrected chi connectivity index (χ2v) is 4.44. The molecule has 0 saturated carbocycles. The summed E-state index contributed by atoms with van der Waals surface area (Å²) in [6, 6.07) is 11.2. The monoisotopic (exact) mass is 249 g/mol.